The fourth-order valence-corrected chi connectivity index (χ4v) is 0.947. The van der Waals surface area contributed by atoms with Gasteiger partial charge in [-0.2, -0.15) is 0 Å². The van der Waals surface area contributed by atoms with Gasteiger partial charge in [-0.15, -0.1) is 0 Å². The monoisotopic (exact) mass is 209 g/mol. The van der Waals surface area contributed by atoms with E-state index in [0.717, 1.165) is 0 Å². The van der Waals surface area contributed by atoms with E-state index in [2.05, 4.69) is 15.3 Å². The molecule has 1 aromatic rings. The number of aromatic nitrogens is 2. The summed E-state index contributed by atoms with van der Waals surface area (Å²) < 4.78 is 0. The summed E-state index contributed by atoms with van der Waals surface area (Å²) in [5, 5.41) is 2.88. The van der Waals surface area contributed by atoms with Gasteiger partial charge >= 0.3 is 0 Å². The van der Waals surface area contributed by atoms with Gasteiger partial charge in [0.1, 0.15) is 18.0 Å². The fourth-order valence-electron chi connectivity index (χ4n) is 0.947. The van der Waals surface area contributed by atoms with E-state index in [4.69, 9.17) is 5.73 Å². The first-order chi connectivity index (χ1) is 7.13. The van der Waals surface area contributed by atoms with Crippen molar-refractivity contribution >= 4 is 17.5 Å². The van der Waals surface area contributed by atoms with E-state index in [1.165, 1.54) is 6.33 Å². The summed E-state index contributed by atoms with van der Waals surface area (Å²) in [6, 6.07) is 1.58. The van der Waals surface area contributed by atoms with Crippen LogP contribution in [0.3, 0.4) is 0 Å². The normalized spacial score (nSPS) is 9.73. The zero-order chi connectivity index (χ0) is 11.3. The Balaban J connectivity index is 2.47. The van der Waals surface area contributed by atoms with E-state index in [1.807, 2.05) is 6.92 Å². The van der Waals surface area contributed by atoms with Gasteiger partial charge in [-0.1, -0.05) is 0 Å². The van der Waals surface area contributed by atoms with Crippen molar-refractivity contribution in [2.45, 2.75) is 6.92 Å². The van der Waals surface area contributed by atoms with Gasteiger partial charge in [-0.05, 0) is 6.92 Å². The van der Waals surface area contributed by atoms with E-state index >= 15 is 0 Å². The molecule has 6 nitrogen and oxygen atoms in total. The van der Waals surface area contributed by atoms with Crippen molar-refractivity contribution in [3.8, 4) is 0 Å². The van der Waals surface area contributed by atoms with Crippen LogP contribution in [0.1, 0.15) is 6.92 Å². The number of nitrogens with zero attached hydrogens (tertiary/aromatic N) is 3. The van der Waals surface area contributed by atoms with Crippen molar-refractivity contribution in [2.24, 2.45) is 0 Å². The molecule has 1 heterocycles. The van der Waals surface area contributed by atoms with Gasteiger partial charge in [0.05, 0.1) is 6.54 Å². The number of rotatable bonds is 4. The van der Waals surface area contributed by atoms with Crippen LogP contribution in [0.25, 0.3) is 0 Å². The second-order valence-corrected chi connectivity index (χ2v) is 3.09. The van der Waals surface area contributed by atoms with Gasteiger partial charge in [-0.25, -0.2) is 9.97 Å². The first-order valence-electron chi connectivity index (χ1n) is 4.69. The predicted octanol–water partition coefficient (Wildman–Crippen LogP) is -0.0510. The van der Waals surface area contributed by atoms with Crippen LogP contribution in [0.2, 0.25) is 0 Å². The Morgan fingerprint density at radius 1 is 1.60 bits per heavy atom. The molecular formula is C9H15N5O. The molecule has 0 fully saturated rings. The molecule has 0 radical (unpaired) electrons. The smallest absolute Gasteiger partial charge is 0.241 e. The number of amides is 1. The maximum absolute atomic E-state index is 11.4. The van der Waals surface area contributed by atoms with Gasteiger partial charge in [0.15, 0.2) is 0 Å². The number of carbonyl (C=O) groups excluding carboxylic acids is 1. The van der Waals surface area contributed by atoms with Crippen molar-refractivity contribution in [1.82, 2.24) is 14.9 Å². The molecule has 3 N–H and O–H groups in total. The molecule has 0 saturated carbocycles. The standard InChI is InChI=1S/C9H15N5O/c1-3-14(2)9(15)5-11-8-4-7(10)12-6-13-8/h4,6H,3,5H2,1-2H3,(H3,10,11,12,13). The second kappa shape index (κ2) is 5.14. The predicted molar refractivity (Wildman–Crippen MR) is 58.2 cm³/mol. The minimum absolute atomic E-state index is 0.00897. The third-order valence-electron chi connectivity index (χ3n) is 2.01. The maximum atomic E-state index is 11.4. The van der Waals surface area contributed by atoms with Crippen LogP contribution >= 0.6 is 0 Å². The van der Waals surface area contributed by atoms with Crippen molar-refractivity contribution in [3.05, 3.63) is 12.4 Å². The summed E-state index contributed by atoms with van der Waals surface area (Å²) in [7, 11) is 1.75. The summed E-state index contributed by atoms with van der Waals surface area (Å²) in [6.07, 6.45) is 1.35. The van der Waals surface area contributed by atoms with Crippen LogP contribution in [-0.4, -0.2) is 40.9 Å². The average molecular weight is 209 g/mol. The number of nitrogens with two attached hydrogens (primary N) is 1. The Morgan fingerprint density at radius 3 is 2.93 bits per heavy atom. The van der Waals surface area contributed by atoms with Gasteiger partial charge in [0.2, 0.25) is 5.91 Å². The lowest BCUT2D eigenvalue weighted by Gasteiger charge is -2.14. The van der Waals surface area contributed by atoms with Crippen LogP contribution in [0.15, 0.2) is 12.4 Å². The third kappa shape index (κ3) is 3.41. The summed E-state index contributed by atoms with van der Waals surface area (Å²) in [4.78, 5) is 20.7. The molecule has 82 valence electrons. The number of nitrogens with one attached hydrogen (secondary N) is 1. The molecule has 0 spiro atoms. The summed E-state index contributed by atoms with van der Waals surface area (Å²) >= 11 is 0. The zero-order valence-corrected chi connectivity index (χ0v) is 8.90. The Labute approximate surface area is 88.5 Å². The van der Waals surface area contributed by atoms with Crippen molar-refractivity contribution in [2.75, 3.05) is 31.2 Å². The van der Waals surface area contributed by atoms with Gasteiger partial charge in [0, 0.05) is 19.7 Å². The summed E-state index contributed by atoms with van der Waals surface area (Å²) in [6.45, 7) is 2.81. The molecule has 0 aromatic carbocycles. The summed E-state index contributed by atoms with van der Waals surface area (Å²) in [5.41, 5.74) is 5.46. The van der Waals surface area contributed by atoms with Crippen molar-refractivity contribution < 1.29 is 4.79 Å². The van der Waals surface area contributed by atoms with E-state index in [0.29, 0.717) is 18.2 Å². The minimum Gasteiger partial charge on any atom is -0.384 e. The number of carbonyl (C=O) groups is 1. The second-order valence-electron chi connectivity index (χ2n) is 3.09. The van der Waals surface area contributed by atoms with Gasteiger partial charge < -0.3 is 16.0 Å². The number of hydrogen-bond donors (Lipinski definition) is 2. The SMILES string of the molecule is CCN(C)C(=O)CNc1cc(N)ncn1. The fraction of sp³-hybridized carbons (Fsp3) is 0.444. The molecule has 0 atom stereocenters. The Hall–Kier alpha value is -1.85. The van der Waals surface area contributed by atoms with Crippen LogP contribution in [0, 0.1) is 0 Å². The van der Waals surface area contributed by atoms with E-state index in [1.54, 1.807) is 18.0 Å². The molecule has 1 amide bonds. The molecule has 15 heavy (non-hydrogen) atoms. The van der Waals surface area contributed by atoms with Crippen LogP contribution in [0.5, 0.6) is 0 Å². The molecule has 6 heteroatoms. The summed E-state index contributed by atoms with van der Waals surface area (Å²) in [5.74, 6) is 0.943. The number of anilines is 2. The van der Waals surface area contributed by atoms with E-state index in [9.17, 15) is 4.79 Å². The minimum atomic E-state index is 0.00897. The topological polar surface area (TPSA) is 84.1 Å². The lowest BCUT2D eigenvalue weighted by molar-refractivity contribution is -0.127. The van der Waals surface area contributed by atoms with Crippen molar-refractivity contribution in [3.63, 3.8) is 0 Å². The number of likely N-dealkylation sites (N-methyl/N-ethyl adjacent to an activating group) is 1. The number of nitrogen functional groups attached to an aromatic ring is 1. The van der Waals surface area contributed by atoms with Gasteiger partial charge in [0.25, 0.3) is 0 Å². The first-order valence-corrected chi connectivity index (χ1v) is 4.69. The largest absolute Gasteiger partial charge is 0.384 e. The maximum Gasteiger partial charge on any atom is 0.241 e. The molecule has 0 aliphatic rings. The van der Waals surface area contributed by atoms with E-state index in [-0.39, 0.29) is 12.5 Å². The molecule has 1 rings (SSSR count). The van der Waals surface area contributed by atoms with Gasteiger partial charge in [-0.3, -0.25) is 4.79 Å². The van der Waals surface area contributed by atoms with Crippen LogP contribution in [0.4, 0.5) is 11.6 Å². The highest BCUT2D eigenvalue weighted by atomic mass is 16.2. The molecule has 0 aliphatic heterocycles. The quantitative estimate of drug-likeness (QED) is 0.726. The van der Waals surface area contributed by atoms with Crippen molar-refractivity contribution in [1.29, 1.82) is 0 Å². The first kappa shape index (κ1) is 11.2. The zero-order valence-electron chi connectivity index (χ0n) is 8.90. The van der Waals surface area contributed by atoms with E-state index < -0.39 is 0 Å². The molecule has 1 aromatic heterocycles. The molecular weight excluding hydrogens is 194 g/mol. The molecule has 0 aliphatic carbocycles. The number of hydrogen-bond acceptors (Lipinski definition) is 5. The molecule has 0 saturated heterocycles. The third-order valence-corrected chi connectivity index (χ3v) is 2.01. The lowest BCUT2D eigenvalue weighted by Crippen LogP contribution is -2.32. The lowest BCUT2D eigenvalue weighted by atomic mass is 10.4. The molecule has 0 unspecified atom stereocenters. The van der Waals surface area contributed by atoms with Crippen LogP contribution < -0.4 is 11.1 Å². The highest BCUT2D eigenvalue weighted by Gasteiger charge is 2.05. The van der Waals surface area contributed by atoms with Crippen LogP contribution in [-0.2, 0) is 4.79 Å². The Morgan fingerprint density at radius 2 is 2.33 bits per heavy atom. The average Bonchev–Trinajstić information content (AvgIpc) is 2.25. The highest BCUT2D eigenvalue weighted by Crippen LogP contribution is 2.03. The Kier molecular flexibility index (Phi) is 3.84. The molecule has 0 bridgehead atoms. The highest BCUT2D eigenvalue weighted by molar-refractivity contribution is 5.80. The Bertz CT molecular complexity index is 341.